The van der Waals surface area contributed by atoms with Gasteiger partial charge in [-0.25, -0.2) is 9.59 Å². The molecule has 5 rings (SSSR count). The Bertz CT molecular complexity index is 3820. The van der Waals surface area contributed by atoms with Crippen LogP contribution in [0.3, 0.4) is 0 Å². The van der Waals surface area contributed by atoms with Gasteiger partial charge in [0.1, 0.15) is 83.5 Å². The van der Waals surface area contributed by atoms with Gasteiger partial charge < -0.3 is 74.6 Å². The van der Waals surface area contributed by atoms with Gasteiger partial charge in [-0.2, -0.15) is 0 Å². The van der Waals surface area contributed by atoms with Gasteiger partial charge in [-0.05, 0) is 144 Å². The molecule has 28 heteroatoms. The molecular weight excluding hydrogens is 1420 g/mol. The van der Waals surface area contributed by atoms with Crippen LogP contribution in [0.2, 0.25) is 0 Å². The highest BCUT2D eigenvalue weighted by atomic mass is 16.6. The first-order chi connectivity index (χ1) is 51.6. The summed E-state index contributed by atoms with van der Waals surface area (Å²) in [4.78, 5) is 192. The number of carbonyl (C=O) groups excluding carboxylic acids is 12. The van der Waals surface area contributed by atoms with Crippen LogP contribution in [0.5, 0.6) is 5.75 Å². The molecule has 0 spiro atoms. The lowest BCUT2D eigenvalue weighted by Crippen LogP contribution is -2.63. The number of esters is 1. The van der Waals surface area contributed by atoms with Gasteiger partial charge in [0.2, 0.25) is 65.0 Å². The highest BCUT2D eigenvalue weighted by Gasteiger charge is 2.47. The van der Waals surface area contributed by atoms with Crippen molar-refractivity contribution < 1.29 is 76.5 Å². The second-order valence-electron chi connectivity index (χ2n) is 33.0. The standard InChI is InChI=1S/C62H111N11O12.C21H18O5/c1-25-27-28-40(15)52(75)51-56(79)65-43(26-2)58(81)67(18)33-48(74)68(19)44(29-34(3)4)55(78)66-49(38(11)12)61(84)69(20)45(30-35(5)6)54(77)63-41(16)53(76)64-42(17)57(80)70(21)46(31-36(7)8)59(82)71(22)47(32-37(9)10)60(83)72(23)50(39(13)14)62(85)73(51)24;1-21(2,26-20(23)13-6-4-3-5-7-13)18-11-15-10-14-8-9-19(22)25-16(14)12-17(15)24-18/h25,27,34-47,49-52,75H,26,28-33H2,1-24H3,(H,63,77)(H,64,76)(H,65,79)(H,66,78);3-10,12,18H,11H2,1-2H3. The summed E-state index contributed by atoms with van der Waals surface area (Å²) in [5, 5.41) is 23.9. The highest BCUT2D eigenvalue weighted by Crippen LogP contribution is 2.38. The summed E-state index contributed by atoms with van der Waals surface area (Å²) >= 11 is 0. The van der Waals surface area contributed by atoms with Gasteiger partial charge >= 0.3 is 11.6 Å². The first-order valence-corrected chi connectivity index (χ1v) is 39.0. The van der Waals surface area contributed by atoms with E-state index in [1.165, 1.54) is 93.7 Å². The maximum atomic E-state index is 15.1. The largest absolute Gasteiger partial charge is 0.485 e. The highest BCUT2D eigenvalue weighted by molar-refractivity contribution is 6.00. The summed E-state index contributed by atoms with van der Waals surface area (Å²) in [7, 11) is 9.92. The number of aliphatic hydroxyl groups excluding tert-OH is 1. The molecule has 13 atom stereocenters. The second-order valence-corrected chi connectivity index (χ2v) is 33.0. The summed E-state index contributed by atoms with van der Waals surface area (Å²) in [6.07, 6.45) is 3.33. The number of likely N-dealkylation sites (N-methyl/N-ethyl adjacent to an activating group) is 7. The Morgan fingerprint density at radius 2 is 1.05 bits per heavy atom. The molecule has 1 aromatic heterocycles. The van der Waals surface area contributed by atoms with Gasteiger partial charge in [0, 0.05) is 73.3 Å². The summed E-state index contributed by atoms with van der Waals surface area (Å²) in [5.74, 6) is -9.44. The number of benzene rings is 2. The average Bonchev–Trinajstić information content (AvgIpc) is 1.67. The molecule has 111 heavy (non-hydrogen) atoms. The molecule has 2 aliphatic rings. The molecule has 1 saturated heterocycles. The molecule has 618 valence electrons. The molecule has 13 unspecified atom stereocenters. The Morgan fingerprint density at radius 3 is 1.58 bits per heavy atom. The average molecular weight is 1550 g/mol. The lowest BCUT2D eigenvalue weighted by molar-refractivity contribution is -0.157. The number of hydrogen-bond donors (Lipinski definition) is 5. The van der Waals surface area contributed by atoms with Gasteiger partial charge in [0.15, 0.2) is 0 Å². The molecule has 11 amide bonds. The maximum absolute atomic E-state index is 15.1. The smallest absolute Gasteiger partial charge is 0.338 e. The van der Waals surface area contributed by atoms with Crippen LogP contribution in [-0.4, -0.2) is 244 Å². The SMILES string of the molecule is CC(C)(OC(=O)c1ccccc1)C1Cc2cc3ccc(=O)oc3cc2O1.CC=CCC(C)C(O)C1C(=O)NC(CC)C(=O)N(C)CC(=O)N(C)C(CC(C)C)C(=O)NC(C(C)C)C(=O)N(C)C(CC(C)C)C(=O)NC(C)C(=O)NC(C)C(=O)N(C)C(CC(C)C)C(=O)N(C)C(CC(C)C)C(=O)N(C)C(C(C)C)C(=O)N1C. The minimum atomic E-state index is -1.61. The number of nitrogens with one attached hydrogen (secondary N) is 4. The van der Waals surface area contributed by atoms with E-state index in [9.17, 15) is 57.8 Å². The van der Waals surface area contributed by atoms with E-state index in [0.717, 1.165) is 20.7 Å². The lowest BCUT2D eigenvalue weighted by Gasteiger charge is -2.41. The monoisotopic (exact) mass is 1550 g/mol. The van der Waals surface area contributed by atoms with Crippen molar-refractivity contribution in [3.63, 3.8) is 0 Å². The number of hydrogen-bond acceptors (Lipinski definition) is 17. The molecule has 0 radical (unpaired) electrons. The topological polar surface area (TPSA) is 345 Å². The number of rotatable bonds is 18. The molecule has 28 nitrogen and oxygen atoms in total. The lowest BCUT2D eigenvalue weighted by atomic mass is 9.91. The van der Waals surface area contributed by atoms with Crippen LogP contribution in [0.25, 0.3) is 11.0 Å². The third-order valence-corrected chi connectivity index (χ3v) is 20.7. The zero-order valence-electron chi connectivity index (χ0n) is 70.6. The van der Waals surface area contributed by atoms with Crippen molar-refractivity contribution in [2.24, 2.45) is 41.4 Å². The Balaban J connectivity index is 0.000000823. The van der Waals surface area contributed by atoms with Crippen molar-refractivity contribution >= 4 is 81.9 Å². The van der Waals surface area contributed by atoms with Crippen LogP contribution in [0.4, 0.5) is 0 Å². The van der Waals surface area contributed by atoms with Crippen LogP contribution in [0, 0.1) is 41.4 Å². The minimum Gasteiger partial charge on any atom is -0.485 e. The molecule has 5 N–H and O–H groups in total. The maximum Gasteiger partial charge on any atom is 0.338 e. The van der Waals surface area contributed by atoms with Crippen molar-refractivity contribution in [3.8, 4) is 5.75 Å². The Kier molecular flexibility index (Phi) is 35.5. The van der Waals surface area contributed by atoms with E-state index in [1.807, 2.05) is 87.4 Å². The van der Waals surface area contributed by atoms with Crippen LogP contribution in [0.1, 0.15) is 186 Å². The quantitative estimate of drug-likeness (QED) is 0.0486. The number of fused-ring (bicyclic) bond motifs is 2. The fourth-order valence-electron chi connectivity index (χ4n) is 13.8. The van der Waals surface area contributed by atoms with E-state index in [4.69, 9.17) is 13.9 Å². The van der Waals surface area contributed by atoms with E-state index >= 15 is 9.59 Å². The van der Waals surface area contributed by atoms with Gasteiger partial charge in [-0.15, -0.1) is 0 Å². The number of aliphatic hydroxyl groups is 1. The zero-order chi connectivity index (χ0) is 84.3. The second kappa shape index (κ2) is 41.9. The van der Waals surface area contributed by atoms with Crippen molar-refractivity contribution in [1.29, 1.82) is 0 Å². The van der Waals surface area contributed by atoms with Gasteiger partial charge in [0.25, 0.3) is 0 Å². The van der Waals surface area contributed by atoms with Crippen molar-refractivity contribution in [1.82, 2.24) is 55.6 Å². The van der Waals surface area contributed by atoms with Crippen molar-refractivity contribution in [3.05, 3.63) is 88.3 Å². The summed E-state index contributed by atoms with van der Waals surface area (Å²) in [5.41, 5.74) is 0.766. The number of amides is 11. The number of carbonyl (C=O) groups is 12. The van der Waals surface area contributed by atoms with Crippen molar-refractivity contribution in [2.45, 2.75) is 255 Å². The summed E-state index contributed by atoms with van der Waals surface area (Å²) < 4.78 is 16.9. The van der Waals surface area contributed by atoms with Crippen LogP contribution < -0.4 is 31.6 Å². The fraction of sp³-hybridized carbons (Fsp3) is 0.651. The summed E-state index contributed by atoms with van der Waals surface area (Å²) in [6, 6.07) is 3.35. The van der Waals surface area contributed by atoms with E-state index < -0.39 is 167 Å². The molecular formula is C83H129N11O17. The fourth-order valence-corrected chi connectivity index (χ4v) is 13.8. The Hall–Kier alpha value is -9.21. The predicted octanol–water partition coefficient (Wildman–Crippen LogP) is 7.00. The summed E-state index contributed by atoms with van der Waals surface area (Å²) in [6.45, 7) is 33.0. The van der Waals surface area contributed by atoms with Crippen LogP contribution in [-0.2, 0) is 63.9 Å². The van der Waals surface area contributed by atoms with Crippen LogP contribution in [0.15, 0.2) is 76.0 Å². The molecule has 0 aliphatic carbocycles. The van der Waals surface area contributed by atoms with Crippen molar-refractivity contribution in [2.75, 3.05) is 55.9 Å². The number of ether oxygens (including phenoxy) is 2. The van der Waals surface area contributed by atoms with Gasteiger partial charge in [-0.3, -0.25) is 52.7 Å². The third kappa shape index (κ3) is 25.4. The first-order valence-electron chi connectivity index (χ1n) is 39.0. The van der Waals surface area contributed by atoms with Gasteiger partial charge in [0.05, 0.1) is 18.2 Å². The minimum absolute atomic E-state index is 0.0229. The molecule has 0 bridgehead atoms. The molecule has 3 aromatic rings. The number of allylic oxidation sites excluding steroid dienone is 2. The van der Waals surface area contributed by atoms with Crippen LogP contribution >= 0.6 is 0 Å². The van der Waals surface area contributed by atoms with Gasteiger partial charge in [-0.1, -0.05) is 127 Å². The number of nitrogens with zero attached hydrogens (tertiary/aromatic N) is 7. The molecule has 1 fully saturated rings. The van der Waals surface area contributed by atoms with E-state index in [-0.39, 0.29) is 67.8 Å². The molecule has 2 aromatic carbocycles. The molecule has 2 aliphatic heterocycles. The predicted molar refractivity (Wildman–Crippen MR) is 425 cm³/mol. The first kappa shape index (κ1) is 94.2. The Labute approximate surface area is 657 Å². The third-order valence-electron chi connectivity index (χ3n) is 20.7. The Morgan fingerprint density at radius 1 is 0.559 bits per heavy atom. The molecule has 3 heterocycles. The molecule has 0 saturated carbocycles. The normalized spacial score (nSPS) is 24.4. The van der Waals surface area contributed by atoms with E-state index in [0.29, 0.717) is 29.7 Å². The van der Waals surface area contributed by atoms with E-state index in [2.05, 4.69) is 21.3 Å². The van der Waals surface area contributed by atoms with E-state index in [1.54, 1.807) is 90.9 Å². The zero-order valence-corrected chi connectivity index (χ0v) is 70.6.